The van der Waals surface area contributed by atoms with Gasteiger partial charge < -0.3 is 20.5 Å². The summed E-state index contributed by atoms with van der Waals surface area (Å²) in [5.74, 6) is 0.400. The van der Waals surface area contributed by atoms with Crippen LogP contribution >= 0.6 is 0 Å². The van der Waals surface area contributed by atoms with Gasteiger partial charge in [0, 0.05) is 24.5 Å². The molecule has 2 amide bonds. The summed E-state index contributed by atoms with van der Waals surface area (Å²) in [5.41, 5.74) is 7.65. The van der Waals surface area contributed by atoms with Crippen LogP contribution in [0.5, 0.6) is 5.75 Å². The summed E-state index contributed by atoms with van der Waals surface area (Å²) < 4.78 is 11.1. The number of ether oxygens (including phenoxy) is 2. The molecule has 1 atom stereocenters. The number of carbonyl (C=O) groups excluding carboxylic acids is 2. The molecule has 3 rings (SSSR count). The minimum absolute atomic E-state index is 0.0762. The highest BCUT2D eigenvalue weighted by Crippen LogP contribution is 2.39. The normalized spacial score (nSPS) is 18.6. The molecule has 0 aromatic heterocycles. The van der Waals surface area contributed by atoms with E-state index in [0.717, 1.165) is 36.3 Å². The van der Waals surface area contributed by atoms with E-state index in [0.29, 0.717) is 31.3 Å². The Balaban J connectivity index is 1.75. The van der Waals surface area contributed by atoms with E-state index in [1.807, 2.05) is 25.1 Å². The highest BCUT2D eigenvalue weighted by atomic mass is 16.6. The Kier molecular flexibility index (Phi) is 7.43. The predicted octanol–water partition coefficient (Wildman–Crippen LogP) is 3.85. The van der Waals surface area contributed by atoms with Gasteiger partial charge in [0.05, 0.1) is 12.3 Å². The first-order valence-corrected chi connectivity index (χ1v) is 11.2. The molecular weight excluding hydrogens is 408 g/mol. The van der Waals surface area contributed by atoms with Crippen LogP contribution in [0.1, 0.15) is 64.9 Å². The maximum Gasteiger partial charge on any atom is 0.349 e. The highest BCUT2D eigenvalue weighted by molar-refractivity contribution is 6.23. The van der Waals surface area contributed by atoms with Crippen LogP contribution < -0.4 is 20.7 Å². The number of carbonyl (C=O) groups is 2. The van der Waals surface area contributed by atoms with Crippen LogP contribution in [0.4, 0.5) is 10.5 Å². The lowest BCUT2D eigenvalue weighted by atomic mass is 9.88. The lowest BCUT2D eigenvalue weighted by Crippen LogP contribution is -2.41. The molecule has 1 aromatic rings. The summed E-state index contributed by atoms with van der Waals surface area (Å²) in [6, 6.07) is 6.07. The number of amides is 2. The summed E-state index contributed by atoms with van der Waals surface area (Å²) in [5, 5.41) is 3.05. The van der Waals surface area contributed by atoms with Crippen molar-refractivity contribution in [2.45, 2.75) is 70.9 Å². The minimum atomic E-state index is -0.581. The molecular formula is C24H34N4O4. The molecule has 174 valence electrons. The molecule has 0 bridgehead atoms. The topological polar surface area (TPSA) is 106 Å². The maximum absolute atomic E-state index is 12.6. The summed E-state index contributed by atoms with van der Waals surface area (Å²) in [7, 11) is 0. The lowest BCUT2D eigenvalue weighted by Gasteiger charge is -2.29. The number of nitrogens with one attached hydrogen (secondary N) is 1. The second-order valence-electron chi connectivity index (χ2n) is 9.18. The molecule has 1 aliphatic heterocycles. The fourth-order valence-electron chi connectivity index (χ4n) is 3.64. The van der Waals surface area contributed by atoms with Gasteiger partial charge in [-0.2, -0.15) is 0 Å². The Labute approximate surface area is 189 Å². The number of anilines is 1. The molecule has 32 heavy (non-hydrogen) atoms. The van der Waals surface area contributed by atoms with Gasteiger partial charge in [0.2, 0.25) is 0 Å². The number of nitrogens with zero attached hydrogens (tertiary/aromatic N) is 2. The third kappa shape index (κ3) is 6.48. The summed E-state index contributed by atoms with van der Waals surface area (Å²) in [4.78, 5) is 30.6. The number of hydrogen-bond acceptors (Lipinski definition) is 6. The van der Waals surface area contributed by atoms with Crippen molar-refractivity contribution >= 4 is 23.9 Å². The fourth-order valence-corrected chi connectivity index (χ4v) is 3.64. The number of allylic oxidation sites excluding steroid dienone is 1. The van der Waals surface area contributed by atoms with Crippen molar-refractivity contribution in [3.63, 3.8) is 0 Å². The Hall–Kier alpha value is -3.03. The maximum atomic E-state index is 12.6. The van der Waals surface area contributed by atoms with Crippen LogP contribution in [0.3, 0.4) is 0 Å². The van der Waals surface area contributed by atoms with Crippen molar-refractivity contribution in [1.29, 1.82) is 0 Å². The van der Waals surface area contributed by atoms with E-state index >= 15 is 0 Å². The molecule has 1 aromatic carbocycles. The number of benzene rings is 1. The molecule has 0 spiro atoms. The van der Waals surface area contributed by atoms with E-state index in [1.54, 1.807) is 25.7 Å². The predicted molar refractivity (Wildman–Crippen MR) is 125 cm³/mol. The molecule has 0 saturated heterocycles. The summed E-state index contributed by atoms with van der Waals surface area (Å²) >= 11 is 0. The average Bonchev–Trinajstić information content (AvgIpc) is 3.54. The van der Waals surface area contributed by atoms with Gasteiger partial charge in [-0.1, -0.05) is 0 Å². The van der Waals surface area contributed by atoms with Crippen molar-refractivity contribution < 1.29 is 19.1 Å². The third-order valence-corrected chi connectivity index (χ3v) is 5.33. The largest absolute Gasteiger partial charge is 0.493 e. The number of urea groups is 1. The Bertz CT molecular complexity index is 900. The quantitative estimate of drug-likeness (QED) is 0.493. The molecule has 8 nitrogen and oxygen atoms in total. The van der Waals surface area contributed by atoms with Gasteiger partial charge in [-0.05, 0) is 83.1 Å². The van der Waals surface area contributed by atoms with E-state index in [9.17, 15) is 9.59 Å². The van der Waals surface area contributed by atoms with Crippen molar-refractivity contribution in [2.75, 3.05) is 18.1 Å². The van der Waals surface area contributed by atoms with E-state index < -0.39 is 11.6 Å². The number of aliphatic imine (C=N–C) groups is 1. The van der Waals surface area contributed by atoms with Gasteiger partial charge in [-0.25, -0.2) is 9.59 Å². The smallest absolute Gasteiger partial charge is 0.349 e. The van der Waals surface area contributed by atoms with Crippen LogP contribution in [0.15, 0.2) is 35.1 Å². The number of fused-ring (bicyclic) bond motifs is 1. The second kappa shape index (κ2) is 10.1. The summed E-state index contributed by atoms with van der Waals surface area (Å²) in [6.07, 6.45) is 6.01. The molecule has 1 unspecified atom stereocenters. The van der Waals surface area contributed by atoms with E-state index in [2.05, 4.69) is 10.3 Å². The van der Waals surface area contributed by atoms with Crippen LogP contribution in [0.25, 0.3) is 0 Å². The Morgan fingerprint density at radius 1 is 1.31 bits per heavy atom. The minimum Gasteiger partial charge on any atom is -0.493 e. The van der Waals surface area contributed by atoms with Crippen molar-refractivity contribution in [3.8, 4) is 5.75 Å². The van der Waals surface area contributed by atoms with Gasteiger partial charge in [0.1, 0.15) is 17.6 Å². The number of nitrogens with two attached hydrogens (primary N) is 1. The standard InChI is InChI=1S/C24H34N4O4/c1-5-28(23(30)27-17-6-7-17)19-8-9-21-20(13-19)16(10-11-31-21)12-18(14-25)26-15-22(29)32-24(2,3)4/h8-9,13-17H,5-7,10-12,25H2,1-4H3,(H,27,30)/b18-14-,26-15+. The molecule has 1 fully saturated rings. The molecule has 2 aliphatic rings. The van der Waals surface area contributed by atoms with Crippen LogP contribution in [0, 0.1) is 0 Å². The Morgan fingerprint density at radius 3 is 2.69 bits per heavy atom. The number of rotatable bonds is 7. The van der Waals surface area contributed by atoms with Crippen LogP contribution in [0.2, 0.25) is 0 Å². The van der Waals surface area contributed by atoms with Gasteiger partial charge >= 0.3 is 12.0 Å². The lowest BCUT2D eigenvalue weighted by molar-refractivity contribution is -0.145. The van der Waals surface area contributed by atoms with E-state index in [-0.39, 0.29) is 11.9 Å². The zero-order valence-corrected chi connectivity index (χ0v) is 19.4. The zero-order chi connectivity index (χ0) is 23.3. The fraction of sp³-hybridized carbons (Fsp3) is 0.542. The Morgan fingerprint density at radius 2 is 2.06 bits per heavy atom. The molecule has 1 saturated carbocycles. The number of hydrogen-bond donors (Lipinski definition) is 2. The van der Waals surface area contributed by atoms with E-state index in [4.69, 9.17) is 15.2 Å². The molecule has 1 aliphatic carbocycles. The molecule has 1 heterocycles. The molecule has 8 heteroatoms. The first kappa shape index (κ1) is 23.6. The number of esters is 1. The van der Waals surface area contributed by atoms with Gasteiger partial charge in [0.15, 0.2) is 0 Å². The van der Waals surface area contributed by atoms with Crippen LogP contribution in [-0.4, -0.2) is 43.0 Å². The first-order chi connectivity index (χ1) is 15.2. The zero-order valence-electron chi connectivity index (χ0n) is 19.4. The third-order valence-electron chi connectivity index (χ3n) is 5.33. The highest BCUT2D eigenvalue weighted by Gasteiger charge is 2.28. The molecule has 3 N–H and O–H groups in total. The van der Waals surface area contributed by atoms with Crippen molar-refractivity contribution in [1.82, 2.24) is 5.32 Å². The van der Waals surface area contributed by atoms with Crippen LogP contribution in [-0.2, 0) is 9.53 Å². The van der Waals surface area contributed by atoms with E-state index in [1.165, 1.54) is 12.4 Å². The van der Waals surface area contributed by atoms with Gasteiger partial charge in [-0.15, -0.1) is 0 Å². The summed E-state index contributed by atoms with van der Waals surface area (Å²) in [6.45, 7) is 8.53. The monoisotopic (exact) mass is 442 g/mol. The van der Waals surface area contributed by atoms with Gasteiger partial charge in [0.25, 0.3) is 0 Å². The SMILES string of the molecule is CCN(C(=O)NC1CC1)c1ccc2c(c1)C(CC(=C/N)/N=C/C(=O)OC(C)(C)C)CCO2. The second-order valence-corrected chi connectivity index (χ2v) is 9.18. The molecule has 0 radical (unpaired) electrons. The average molecular weight is 443 g/mol. The van der Waals surface area contributed by atoms with Crippen molar-refractivity contribution in [2.24, 2.45) is 10.7 Å². The first-order valence-electron chi connectivity index (χ1n) is 11.2. The van der Waals surface area contributed by atoms with Crippen molar-refractivity contribution in [3.05, 3.63) is 35.7 Å². The van der Waals surface area contributed by atoms with Gasteiger partial charge in [-0.3, -0.25) is 9.89 Å².